The second-order valence-electron chi connectivity index (χ2n) is 4.37. The van der Waals surface area contributed by atoms with Crippen molar-refractivity contribution in [1.29, 1.82) is 0 Å². The first-order valence-corrected chi connectivity index (χ1v) is 5.40. The van der Waals surface area contributed by atoms with Crippen molar-refractivity contribution in [3.63, 3.8) is 0 Å². The number of rotatable bonds is 3. The zero-order chi connectivity index (χ0) is 9.90. The summed E-state index contributed by atoms with van der Waals surface area (Å²) in [5.41, 5.74) is 3.09. The predicted molar refractivity (Wildman–Crippen MR) is 58.6 cm³/mol. The van der Waals surface area contributed by atoms with E-state index < -0.39 is 0 Å². The molecular formula is C10H18N2S. The summed E-state index contributed by atoms with van der Waals surface area (Å²) in [5, 5.41) is 2.10. The first-order chi connectivity index (χ1) is 6.04. The maximum atomic E-state index is 5.53. The van der Waals surface area contributed by atoms with Crippen molar-refractivity contribution in [2.45, 2.75) is 33.2 Å². The van der Waals surface area contributed by atoms with Gasteiger partial charge in [0.1, 0.15) is 0 Å². The fourth-order valence-electron chi connectivity index (χ4n) is 1.25. The monoisotopic (exact) mass is 198 g/mol. The first-order valence-electron chi connectivity index (χ1n) is 4.52. The fourth-order valence-corrected chi connectivity index (χ4v) is 2.00. The van der Waals surface area contributed by atoms with E-state index in [1.165, 1.54) is 4.88 Å². The molecule has 0 radical (unpaired) electrons. The molecule has 13 heavy (non-hydrogen) atoms. The van der Waals surface area contributed by atoms with Gasteiger partial charge in [0.15, 0.2) is 0 Å². The van der Waals surface area contributed by atoms with Gasteiger partial charge >= 0.3 is 0 Å². The van der Waals surface area contributed by atoms with Crippen molar-refractivity contribution in [1.82, 2.24) is 5.43 Å². The van der Waals surface area contributed by atoms with Crippen molar-refractivity contribution in [2.75, 3.05) is 0 Å². The van der Waals surface area contributed by atoms with Gasteiger partial charge in [0.25, 0.3) is 0 Å². The van der Waals surface area contributed by atoms with E-state index >= 15 is 0 Å². The second-order valence-corrected chi connectivity index (χ2v) is 5.40. The summed E-state index contributed by atoms with van der Waals surface area (Å²) in [6.07, 6.45) is 1.01. The van der Waals surface area contributed by atoms with Gasteiger partial charge in [0.05, 0.1) is 0 Å². The van der Waals surface area contributed by atoms with E-state index in [2.05, 4.69) is 43.7 Å². The van der Waals surface area contributed by atoms with Gasteiger partial charge in [0.2, 0.25) is 0 Å². The van der Waals surface area contributed by atoms with Crippen LogP contribution in [0, 0.1) is 5.41 Å². The van der Waals surface area contributed by atoms with Gasteiger partial charge in [-0.1, -0.05) is 26.8 Å². The molecule has 0 bridgehead atoms. The molecule has 3 N–H and O–H groups in total. The van der Waals surface area contributed by atoms with Crippen LogP contribution in [-0.2, 0) is 6.42 Å². The quantitative estimate of drug-likeness (QED) is 0.577. The normalized spacial score (nSPS) is 14.5. The molecule has 0 aromatic carbocycles. The molecule has 0 saturated heterocycles. The zero-order valence-electron chi connectivity index (χ0n) is 8.50. The highest BCUT2D eigenvalue weighted by Crippen LogP contribution is 2.23. The van der Waals surface area contributed by atoms with Crippen LogP contribution in [0.15, 0.2) is 17.5 Å². The second kappa shape index (κ2) is 4.22. The van der Waals surface area contributed by atoms with Crippen LogP contribution in [0.1, 0.15) is 25.6 Å². The molecule has 0 amide bonds. The largest absolute Gasteiger partial charge is 0.271 e. The van der Waals surface area contributed by atoms with Crippen molar-refractivity contribution < 1.29 is 0 Å². The van der Waals surface area contributed by atoms with Gasteiger partial charge in [-0.2, -0.15) is 0 Å². The summed E-state index contributed by atoms with van der Waals surface area (Å²) < 4.78 is 0. The minimum absolute atomic E-state index is 0.207. The van der Waals surface area contributed by atoms with Crippen molar-refractivity contribution in [3.05, 3.63) is 22.4 Å². The van der Waals surface area contributed by atoms with Crippen LogP contribution in [0.3, 0.4) is 0 Å². The van der Waals surface area contributed by atoms with Crippen LogP contribution in [-0.4, -0.2) is 6.04 Å². The molecule has 1 rings (SSSR count). The number of hydrogen-bond acceptors (Lipinski definition) is 3. The Bertz CT molecular complexity index is 236. The average molecular weight is 198 g/mol. The topological polar surface area (TPSA) is 38.0 Å². The molecule has 2 nitrogen and oxygen atoms in total. The molecule has 3 heteroatoms. The smallest absolute Gasteiger partial charge is 0.0307 e. The Hall–Kier alpha value is -0.380. The molecule has 1 aromatic rings. The molecule has 0 aliphatic heterocycles. The van der Waals surface area contributed by atoms with E-state index in [0.29, 0.717) is 6.04 Å². The van der Waals surface area contributed by atoms with Gasteiger partial charge in [-0.25, -0.2) is 0 Å². The maximum Gasteiger partial charge on any atom is 0.0307 e. The van der Waals surface area contributed by atoms with E-state index in [1.54, 1.807) is 11.3 Å². The van der Waals surface area contributed by atoms with E-state index in [0.717, 1.165) is 6.42 Å². The Morgan fingerprint density at radius 3 is 2.62 bits per heavy atom. The minimum atomic E-state index is 0.207. The molecule has 0 fully saturated rings. The summed E-state index contributed by atoms with van der Waals surface area (Å²) in [6, 6.07) is 4.57. The Labute approximate surface area is 84.1 Å². The lowest BCUT2D eigenvalue weighted by molar-refractivity contribution is 0.270. The third kappa shape index (κ3) is 3.10. The molecule has 0 saturated carbocycles. The first kappa shape index (κ1) is 10.7. The van der Waals surface area contributed by atoms with Gasteiger partial charge < -0.3 is 0 Å². The van der Waals surface area contributed by atoms with Crippen molar-refractivity contribution in [2.24, 2.45) is 11.3 Å². The van der Waals surface area contributed by atoms with Gasteiger partial charge in [-0.15, -0.1) is 11.3 Å². The van der Waals surface area contributed by atoms with E-state index in [-0.39, 0.29) is 5.41 Å². The predicted octanol–water partition coefficient (Wildman–Crippen LogP) is 2.17. The summed E-state index contributed by atoms with van der Waals surface area (Å²) in [7, 11) is 0. The molecule has 1 unspecified atom stereocenters. The van der Waals surface area contributed by atoms with E-state index in [4.69, 9.17) is 5.84 Å². The SMILES string of the molecule is CC(C)(C)C(Cc1cccs1)NN. The molecule has 1 heterocycles. The van der Waals surface area contributed by atoms with Crippen LogP contribution < -0.4 is 11.3 Å². The number of nitrogens with two attached hydrogens (primary N) is 1. The van der Waals surface area contributed by atoms with Crippen LogP contribution >= 0.6 is 11.3 Å². The Kier molecular flexibility index (Phi) is 3.47. The molecule has 0 spiro atoms. The third-order valence-corrected chi connectivity index (χ3v) is 3.13. The van der Waals surface area contributed by atoms with Crippen LogP contribution in [0.5, 0.6) is 0 Å². The maximum absolute atomic E-state index is 5.53. The van der Waals surface area contributed by atoms with Crippen LogP contribution in [0.4, 0.5) is 0 Å². The Morgan fingerprint density at radius 2 is 2.23 bits per heavy atom. The molecule has 0 aliphatic rings. The molecule has 1 aromatic heterocycles. The average Bonchev–Trinajstić information content (AvgIpc) is 2.49. The third-order valence-electron chi connectivity index (χ3n) is 2.23. The standard InChI is InChI=1S/C10H18N2S/c1-10(2,3)9(12-11)7-8-5-4-6-13-8/h4-6,9,12H,7,11H2,1-3H3. The van der Waals surface area contributed by atoms with Crippen LogP contribution in [0.25, 0.3) is 0 Å². The number of nitrogens with one attached hydrogen (secondary N) is 1. The number of thiophene rings is 1. The summed E-state index contributed by atoms with van der Waals surface area (Å²) in [4.78, 5) is 1.39. The van der Waals surface area contributed by atoms with Gasteiger partial charge in [-0.3, -0.25) is 11.3 Å². The summed E-state index contributed by atoms with van der Waals surface area (Å²) >= 11 is 1.79. The molecule has 0 aliphatic carbocycles. The lowest BCUT2D eigenvalue weighted by atomic mass is 9.85. The van der Waals surface area contributed by atoms with E-state index in [9.17, 15) is 0 Å². The highest BCUT2D eigenvalue weighted by atomic mass is 32.1. The van der Waals surface area contributed by atoms with Crippen molar-refractivity contribution in [3.8, 4) is 0 Å². The Balaban J connectivity index is 2.60. The number of hydrazine groups is 1. The van der Waals surface area contributed by atoms with Crippen LogP contribution in [0.2, 0.25) is 0 Å². The lowest BCUT2D eigenvalue weighted by Crippen LogP contribution is -2.45. The molecule has 1 atom stereocenters. The van der Waals surface area contributed by atoms with Crippen molar-refractivity contribution >= 4 is 11.3 Å². The molecule has 74 valence electrons. The number of hydrogen-bond donors (Lipinski definition) is 2. The van der Waals surface area contributed by atoms with E-state index in [1.807, 2.05) is 0 Å². The molecular weight excluding hydrogens is 180 g/mol. The lowest BCUT2D eigenvalue weighted by Gasteiger charge is -2.29. The van der Waals surface area contributed by atoms with Gasteiger partial charge in [0, 0.05) is 10.9 Å². The summed E-state index contributed by atoms with van der Waals surface area (Å²) in [5.74, 6) is 5.53. The highest BCUT2D eigenvalue weighted by Gasteiger charge is 2.23. The van der Waals surface area contributed by atoms with Gasteiger partial charge in [-0.05, 0) is 23.3 Å². The highest BCUT2D eigenvalue weighted by molar-refractivity contribution is 7.09. The Morgan fingerprint density at radius 1 is 1.54 bits per heavy atom. The zero-order valence-corrected chi connectivity index (χ0v) is 9.32. The summed E-state index contributed by atoms with van der Waals surface area (Å²) in [6.45, 7) is 6.60. The minimum Gasteiger partial charge on any atom is -0.271 e. The fraction of sp³-hybridized carbons (Fsp3) is 0.600.